The molecule has 0 fully saturated rings. The first-order chi connectivity index (χ1) is 13.8. The van der Waals surface area contributed by atoms with Crippen molar-refractivity contribution in [1.29, 1.82) is 0 Å². The lowest BCUT2D eigenvalue weighted by Crippen LogP contribution is -2.42. The van der Waals surface area contributed by atoms with Crippen LogP contribution in [0.15, 0.2) is 17.1 Å². The second-order valence-corrected chi connectivity index (χ2v) is 7.53. The molecule has 0 saturated carbocycles. The molecule has 1 aromatic carbocycles. The minimum Gasteiger partial charge on any atom is -0.467 e. The van der Waals surface area contributed by atoms with Gasteiger partial charge in [-0.1, -0.05) is 0 Å². The van der Waals surface area contributed by atoms with E-state index in [0.717, 1.165) is 5.56 Å². The highest BCUT2D eigenvalue weighted by molar-refractivity contribution is 14.0. The van der Waals surface area contributed by atoms with Gasteiger partial charge < -0.3 is 30.2 Å². The van der Waals surface area contributed by atoms with Crippen LogP contribution in [0.3, 0.4) is 0 Å². The van der Waals surface area contributed by atoms with Crippen LogP contribution in [0.2, 0.25) is 0 Å². The second-order valence-electron chi connectivity index (χ2n) is 7.53. The number of carbonyl (C=O) groups excluding carboxylic acids is 1. The summed E-state index contributed by atoms with van der Waals surface area (Å²) in [4.78, 5) is 16.1. The molecule has 1 heterocycles. The number of halogens is 2. The molecule has 0 atom stereocenters. The van der Waals surface area contributed by atoms with Gasteiger partial charge >= 0.3 is 6.09 Å². The molecular formula is C20H32FIN4O4. The fourth-order valence-corrected chi connectivity index (χ4v) is 2.73. The third-order valence-electron chi connectivity index (χ3n) is 3.83. The molecule has 1 amide bonds. The number of fused-ring (bicyclic) bond motifs is 1. The van der Waals surface area contributed by atoms with Crippen LogP contribution < -0.4 is 20.7 Å². The van der Waals surface area contributed by atoms with Gasteiger partial charge in [0.2, 0.25) is 0 Å². The molecule has 170 valence electrons. The van der Waals surface area contributed by atoms with Crippen molar-refractivity contribution < 1.29 is 23.4 Å². The minimum absolute atomic E-state index is 0. The SMILES string of the molecule is CCNC(=NCCc1cc(F)cc2c1OCOC2)NCCNC(=O)OC(C)(C)C.I. The van der Waals surface area contributed by atoms with E-state index in [0.29, 0.717) is 56.5 Å². The number of rotatable bonds is 7. The molecule has 0 bridgehead atoms. The largest absolute Gasteiger partial charge is 0.467 e. The first-order valence-electron chi connectivity index (χ1n) is 9.79. The van der Waals surface area contributed by atoms with Gasteiger partial charge in [-0.25, -0.2) is 9.18 Å². The molecule has 0 saturated heterocycles. The molecule has 0 aliphatic carbocycles. The second kappa shape index (κ2) is 12.8. The van der Waals surface area contributed by atoms with Crippen molar-refractivity contribution in [3.8, 4) is 5.75 Å². The van der Waals surface area contributed by atoms with Crippen LogP contribution in [0.4, 0.5) is 9.18 Å². The van der Waals surface area contributed by atoms with Crippen molar-refractivity contribution >= 4 is 36.0 Å². The van der Waals surface area contributed by atoms with E-state index in [1.807, 2.05) is 27.7 Å². The average molecular weight is 538 g/mol. The number of nitrogens with one attached hydrogen (secondary N) is 3. The van der Waals surface area contributed by atoms with Crippen LogP contribution in [0.1, 0.15) is 38.8 Å². The number of alkyl carbamates (subject to hydrolysis) is 1. The maximum Gasteiger partial charge on any atom is 0.407 e. The summed E-state index contributed by atoms with van der Waals surface area (Å²) in [5.74, 6) is 0.996. The molecule has 1 aliphatic rings. The van der Waals surface area contributed by atoms with Crippen molar-refractivity contribution in [1.82, 2.24) is 16.0 Å². The van der Waals surface area contributed by atoms with Crippen LogP contribution in [-0.4, -0.2) is 50.6 Å². The van der Waals surface area contributed by atoms with Crippen molar-refractivity contribution in [2.24, 2.45) is 4.99 Å². The Balaban J connectivity index is 0.00000450. The van der Waals surface area contributed by atoms with Gasteiger partial charge in [0.1, 0.15) is 17.2 Å². The predicted octanol–water partition coefficient (Wildman–Crippen LogP) is 2.93. The van der Waals surface area contributed by atoms with E-state index in [9.17, 15) is 9.18 Å². The molecule has 2 rings (SSSR count). The number of benzene rings is 1. The first-order valence-corrected chi connectivity index (χ1v) is 9.79. The quantitative estimate of drug-likeness (QED) is 0.214. The van der Waals surface area contributed by atoms with Gasteiger partial charge in [-0.05, 0) is 51.8 Å². The molecule has 0 spiro atoms. The van der Waals surface area contributed by atoms with Crippen molar-refractivity contribution in [3.05, 3.63) is 29.1 Å². The summed E-state index contributed by atoms with van der Waals surface area (Å²) in [7, 11) is 0. The first kappa shape index (κ1) is 26.2. The number of aliphatic imine (C=N–C) groups is 1. The predicted molar refractivity (Wildman–Crippen MR) is 124 cm³/mol. The van der Waals surface area contributed by atoms with Gasteiger partial charge in [-0.3, -0.25) is 4.99 Å². The molecule has 0 radical (unpaired) electrons. The Labute approximate surface area is 194 Å². The topological polar surface area (TPSA) is 93.2 Å². The monoisotopic (exact) mass is 538 g/mol. The fourth-order valence-electron chi connectivity index (χ4n) is 2.73. The van der Waals surface area contributed by atoms with Crippen LogP contribution >= 0.6 is 24.0 Å². The van der Waals surface area contributed by atoms with E-state index < -0.39 is 11.7 Å². The number of amides is 1. The van der Waals surface area contributed by atoms with E-state index >= 15 is 0 Å². The number of hydrogen-bond donors (Lipinski definition) is 3. The summed E-state index contributed by atoms with van der Waals surface area (Å²) in [6, 6.07) is 2.91. The Morgan fingerprint density at radius 1 is 1.23 bits per heavy atom. The maximum absolute atomic E-state index is 13.8. The standard InChI is InChI=1S/C20H31FN4O4.HI/c1-5-22-18(24-8-9-25-19(26)29-20(2,3)4)23-7-6-14-10-16(21)11-15-12-27-13-28-17(14)15;/h10-11H,5-9,12-13H2,1-4H3,(H,25,26)(H2,22,23,24);1H. The fraction of sp³-hybridized carbons (Fsp3) is 0.600. The average Bonchev–Trinajstić information content (AvgIpc) is 2.63. The lowest BCUT2D eigenvalue weighted by molar-refractivity contribution is -0.0172. The van der Waals surface area contributed by atoms with Crippen molar-refractivity contribution in [2.75, 3.05) is 33.0 Å². The lowest BCUT2D eigenvalue weighted by Gasteiger charge is -2.20. The summed E-state index contributed by atoms with van der Waals surface area (Å²) in [6.45, 7) is 9.95. The highest BCUT2D eigenvalue weighted by atomic mass is 127. The molecular weight excluding hydrogens is 506 g/mol. The molecule has 10 heteroatoms. The van der Waals surface area contributed by atoms with Gasteiger partial charge in [0, 0.05) is 31.7 Å². The van der Waals surface area contributed by atoms with Crippen LogP contribution in [-0.2, 0) is 22.5 Å². The van der Waals surface area contributed by atoms with Crippen LogP contribution in [0, 0.1) is 5.82 Å². The Hall–Kier alpha value is -1.82. The van der Waals surface area contributed by atoms with E-state index in [1.54, 1.807) is 0 Å². The number of ether oxygens (including phenoxy) is 3. The zero-order valence-corrected chi connectivity index (χ0v) is 20.3. The smallest absolute Gasteiger partial charge is 0.407 e. The van der Waals surface area contributed by atoms with E-state index in [2.05, 4.69) is 20.9 Å². The Kier molecular flexibility index (Phi) is 11.2. The van der Waals surface area contributed by atoms with Gasteiger partial charge in [-0.2, -0.15) is 0 Å². The van der Waals surface area contributed by atoms with E-state index in [4.69, 9.17) is 14.2 Å². The molecule has 30 heavy (non-hydrogen) atoms. The summed E-state index contributed by atoms with van der Waals surface area (Å²) in [5.41, 5.74) is 0.961. The Morgan fingerprint density at radius 3 is 2.67 bits per heavy atom. The third-order valence-corrected chi connectivity index (χ3v) is 3.83. The summed E-state index contributed by atoms with van der Waals surface area (Å²) >= 11 is 0. The Morgan fingerprint density at radius 2 is 1.97 bits per heavy atom. The normalized spacial score (nSPS) is 13.4. The van der Waals surface area contributed by atoms with Crippen molar-refractivity contribution in [2.45, 2.75) is 46.3 Å². The van der Waals surface area contributed by atoms with Gasteiger partial charge in [0.15, 0.2) is 12.8 Å². The molecule has 1 aliphatic heterocycles. The van der Waals surface area contributed by atoms with Crippen LogP contribution in [0.5, 0.6) is 5.75 Å². The number of carbonyl (C=O) groups is 1. The summed E-state index contributed by atoms with van der Waals surface area (Å²) in [6.07, 6.45) is 0.0772. The number of hydrogen-bond acceptors (Lipinski definition) is 5. The number of guanidine groups is 1. The minimum atomic E-state index is -0.528. The number of nitrogens with zero attached hydrogens (tertiary/aromatic N) is 1. The Bertz CT molecular complexity index is 725. The highest BCUT2D eigenvalue weighted by Gasteiger charge is 2.17. The molecule has 0 aromatic heterocycles. The molecule has 8 nitrogen and oxygen atoms in total. The molecule has 1 aromatic rings. The van der Waals surface area contributed by atoms with Gasteiger partial charge in [-0.15, -0.1) is 24.0 Å². The van der Waals surface area contributed by atoms with Gasteiger partial charge in [0.05, 0.1) is 6.61 Å². The van der Waals surface area contributed by atoms with Crippen molar-refractivity contribution in [3.63, 3.8) is 0 Å². The van der Waals surface area contributed by atoms with Crippen LogP contribution in [0.25, 0.3) is 0 Å². The highest BCUT2D eigenvalue weighted by Crippen LogP contribution is 2.29. The van der Waals surface area contributed by atoms with E-state index in [1.165, 1.54) is 12.1 Å². The maximum atomic E-state index is 13.8. The van der Waals surface area contributed by atoms with E-state index in [-0.39, 0.29) is 36.6 Å². The van der Waals surface area contributed by atoms with Gasteiger partial charge in [0.25, 0.3) is 0 Å². The molecule has 3 N–H and O–H groups in total. The molecule has 0 unspecified atom stereocenters. The summed E-state index contributed by atoms with van der Waals surface area (Å²) in [5, 5.41) is 8.96. The third kappa shape index (κ3) is 9.33. The summed E-state index contributed by atoms with van der Waals surface area (Å²) < 4.78 is 29.7. The zero-order chi connectivity index (χ0) is 21.3. The lowest BCUT2D eigenvalue weighted by atomic mass is 10.1. The zero-order valence-electron chi connectivity index (χ0n) is 18.0.